The minimum atomic E-state index is -3.66. The van der Waals surface area contributed by atoms with Crippen LogP contribution in [0.25, 0.3) is 0 Å². The van der Waals surface area contributed by atoms with Gasteiger partial charge in [-0.15, -0.1) is 0 Å². The van der Waals surface area contributed by atoms with Crippen LogP contribution in [0, 0.1) is 0 Å². The lowest BCUT2D eigenvalue weighted by Gasteiger charge is -2.13. The van der Waals surface area contributed by atoms with Crippen LogP contribution in [0.5, 0.6) is 0 Å². The lowest BCUT2D eigenvalue weighted by Crippen LogP contribution is -2.35. The molecule has 2 aromatic rings. The number of halogens is 1. The van der Waals surface area contributed by atoms with E-state index in [0.29, 0.717) is 17.1 Å². The maximum absolute atomic E-state index is 12.3. The van der Waals surface area contributed by atoms with Crippen molar-refractivity contribution in [3.05, 3.63) is 64.7 Å². The van der Waals surface area contributed by atoms with Gasteiger partial charge in [0.05, 0.1) is 11.5 Å². The monoisotopic (exact) mass is 396 g/mol. The Morgan fingerprint density at radius 1 is 1.19 bits per heavy atom. The molecule has 2 aromatic carbocycles. The molecule has 8 heteroatoms. The zero-order valence-corrected chi connectivity index (χ0v) is 16.1. The number of amides is 1. The molecule has 6 nitrogen and oxygen atoms in total. The lowest BCUT2D eigenvalue weighted by molar-refractivity contribution is 0.0951. The van der Waals surface area contributed by atoms with E-state index in [4.69, 9.17) is 16.3 Å². The summed E-state index contributed by atoms with van der Waals surface area (Å²) in [7, 11) is -2.16. The Morgan fingerprint density at radius 2 is 1.88 bits per heavy atom. The van der Waals surface area contributed by atoms with E-state index in [1.165, 1.54) is 31.4 Å². The molecule has 0 bridgehead atoms. The van der Waals surface area contributed by atoms with E-state index in [2.05, 4.69) is 10.0 Å². The SMILES string of the molecule is COC[C@H](C)NS(=O)(=O)c1ccc(C(=O)NCc2cccc(Cl)c2)cc1. The van der Waals surface area contributed by atoms with E-state index < -0.39 is 10.0 Å². The van der Waals surface area contributed by atoms with E-state index in [9.17, 15) is 13.2 Å². The molecule has 2 N–H and O–H groups in total. The Morgan fingerprint density at radius 3 is 2.50 bits per heavy atom. The average Bonchev–Trinajstić information content (AvgIpc) is 2.59. The summed E-state index contributed by atoms with van der Waals surface area (Å²) in [6.45, 7) is 2.30. The minimum absolute atomic E-state index is 0.0897. The van der Waals surface area contributed by atoms with E-state index in [-0.39, 0.29) is 23.5 Å². The van der Waals surface area contributed by atoms with Crippen molar-refractivity contribution in [3.8, 4) is 0 Å². The number of carbonyl (C=O) groups is 1. The highest BCUT2D eigenvalue weighted by atomic mass is 35.5. The number of rotatable bonds is 8. The molecule has 0 fully saturated rings. The van der Waals surface area contributed by atoms with Crippen LogP contribution in [0.3, 0.4) is 0 Å². The van der Waals surface area contributed by atoms with Gasteiger partial charge in [0.25, 0.3) is 5.91 Å². The maximum atomic E-state index is 12.3. The molecule has 0 unspecified atom stereocenters. The van der Waals surface area contributed by atoms with Gasteiger partial charge in [0.2, 0.25) is 10.0 Å². The second-order valence-electron chi connectivity index (χ2n) is 5.81. The van der Waals surface area contributed by atoms with Crippen LogP contribution in [-0.2, 0) is 21.3 Å². The summed E-state index contributed by atoms with van der Waals surface area (Å²) >= 11 is 5.91. The first-order valence-corrected chi connectivity index (χ1v) is 9.82. The molecule has 0 aliphatic carbocycles. The number of hydrogen-bond donors (Lipinski definition) is 2. The summed E-state index contributed by atoms with van der Waals surface area (Å²) in [6, 6.07) is 12.6. The summed E-state index contributed by atoms with van der Waals surface area (Å²) in [4.78, 5) is 12.3. The number of methoxy groups -OCH3 is 1. The number of carbonyl (C=O) groups excluding carboxylic acids is 1. The zero-order valence-electron chi connectivity index (χ0n) is 14.5. The van der Waals surface area contributed by atoms with Crippen molar-refractivity contribution in [1.29, 1.82) is 0 Å². The first-order valence-electron chi connectivity index (χ1n) is 7.96. The van der Waals surface area contributed by atoms with Gasteiger partial charge in [-0.2, -0.15) is 0 Å². The molecule has 0 heterocycles. The number of benzene rings is 2. The largest absolute Gasteiger partial charge is 0.383 e. The van der Waals surface area contributed by atoms with Crippen LogP contribution >= 0.6 is 11.6 Å². The molecule has 2 rings (SSSR count). The second kappa shape index (κ2) is 9.14. The van der Waals surface area contributed by atoms with Gasteiger partial charge >= 0.3 is 0 Å². The van der Waals surface area contributed by atoms with Gasteiger partial charge in [-0.1, -0.05) is 23.7 Å². The number of hydrogen-bond acceptors (Lipinski definition) is 4. The number of nitrogens with one attached hydrogen (secondary N) is 2. The third-order valence-corrected chi connectivity index (χ3v) is 5.38. The van der Waals surface area contributed by atoms with Gasteiger partial charge in [-0.25, -0.2) is 13.1 Å². The van der Waals surface area contributed by atoms with Crippen molar-refractivity contribution in [1.82, 2.24) is 10.0 Å². The highest BCUT2D eigenvalue weighted by molar-refractivity contribution is 7.89. The predicted octanol–water partition coefficient (Wildman–Crippen LogP) is 2.58. The van der Waals surface area contributed by atoms with E-state index >= 15 is 0 Å². The normalized spacial score (nSPS) is 12.6. The van der Waals surface area contributed by atoms with Gasteiger partial charge in [0.15, 0.2) is 0 Å². The van der Waals surface area contributed by atoms with Gasteiger partial charge in [-0.3, -0.25) is 4.79 Å². The molecular formula is C18H21ClN2O4S. The molecule has 0 aliphatic rings. The molecule has 0 radical (unpaired) electrons. The molecule has 1 atom stereocenters. The van der Waals surface area contributed by atoms with Crippen LogP contribution in [0.15, 0.2) is 53.4 Å². The van der Waals surface area contributed by atoms with Crippen molar-refractivity contribution in [2.45, 2.75) is 24.4 Å². The third kappa shape index (κ3) is 5.81. The highest BCUT2D eigenvalue weighted by Gasteiger charge is 2.17. The molecule has 140 valence electrons. The standard InChI is InChI=1S/C18H21ClN2O4S/c1-13(12-25-2)21-26(23,24)17-8-6-15(7-9-17)18(22)20-11-14-4-3-5-16(19)10-14/h3-10,13,21H,11-12H2,1-2H3,(H,20,22)/t13-/m0/s1. The quantitative estimate of drug-likeness (QED) is 0.718. The zero-order chi connectivity index (χ0) is 19.2. The van der Waals surface area contributed by atoms with Crippen LogP contribution in [0.2, 0.25) is 5.02 Å². The van der Waals surface area contributed by atoms with Crippen LogP contribution in [0.1, 0.15) is 22.8 Å². The van der Waals surface area contributed by atoms with E-state index in [1.807, 2.05) is 6.07 Å². The van der Waals surface area contributed by atoms with Gasteiger partial charge in [-0.05, 0) is 48.9 Å². The summed E-state index contributed by atoms with van der Waals surface area (Å²) in [5, 5.41) is 3.37. The Hall–Kier alpha value is -1.93. The van der Waals surface area contributed by atoms with Crippen molar-refractivity contribution < 1.29 is 17.9 Å². The van der Waals surface area contributed by atoms with Gasteiger partial charge in [0.1, 0.15) is 0 Å². The maximum Gasteiger partial charge on any atom is 0.251 e. The molecule has 0 saturated heterocycles. The Bertz CT molecular complexity index is 854. The fourth-order valence-electron chi connectivity index (χ4n) is 2.33. The van der Waals surface area contributed by atoms with Crippen molar-refractivity contribution in [2.24, 2.45) is 0 Å². The average molecular weight is 397 g/mol. The Kier molecular flexibility index (Phi) is 7.16. The van der Waals surface area contributed by atoms with Gasteiger partial charge in [0, 0.05) is 30.3 Å². The minimum Gasteiger partial charge on any atom is -0.383 e. The fourth-order valence-corrected chi connectivity index (χ4v) is 3.77. The molecule has 0 aliphatic heterocycles. The highest BCUT2D eigenvalue weighted by Crippen LogP contribution is 2.13. The molecule has 0 spiro atoms. The molecule has 26 heavy (non-hydrogen) atoms. The summed E-state index contributed by atoms with van der Waals surface area (Å²) in [5.74, 6) is -0.297. The summed E-state index contributed by atoms with van der Waals surface area (Å²) in [5.41, 5.74) is 1.25. The first kappa shape index (κ1) is 20.4. The van der Waals surface area contributed by atoms with E-state index in [1.54, 1.807) is 25.1 Å². The van der Waals surface area contributed by atoms with Crippen molar-refractivity contribution >= 4 is 27.5 Å². The second-order valence-corrected chi connectivity index (χ2v) is 7.97. The van der Waals surface area contributed by atoms with Crippen LogP contribution in [0.4, 0.5) is 0 Å². The lowest BCUT2D eigenvalue weighted by atomic mass is 10.2. The molecule has 0 aromatic heterocycles. The van der Waals surface area contributed by atoms with Crippen LogP contribution in [-0.4, -0.2) is 34.1 Å². The number of ether oxygens (including phenoxy) is 1. The Balaban J connectivity index is 2.00. The van der Waals surface area contributed by atoms with Crippen molar-refractivity contribution in [3.63, 3.8) is 0 Å². The predicted molar refractivity (Wildman–Crippen MR) is 101 cm³/mol. The third-order valence-electron chi connectivity index (χ3n) is 3.54. The molecular weight excluding hydrogens is 376 g/mol. The van der Waals surface area contributed by atoms with Crippen molar-refractivity contribution in [2.75, 3.05) is 13.7 Å². The molecule has 0 saturated carbocycles. The number of sulfonamides is 1. The van der Waals surface area contributed by atoms with Gasteiger partial charge < -0.3 is 10.1 Å². The topological polar surface area (TPSA) is 84.5 Å². The fraction of sp³-hybridized carbons (Fsp3) is 0.278. The van der Waals surface area contributed by atoms with Crippen LogP contribution < -0.4 is 10.0 Å². The smallest absolute Gasteiger partial charge is 0.251 e. The first-order chi connectivity index (χ1) is 12.3. The summed E-state index contributed by atoms with van der Waals surface area (Å²) < 4.78 is 31.9. The Labute approximate surface area is 158 Å². The molecule has 1 amide bonds. The van der Waals surface area contributed by atoms with E-state index in [0.717, 1.165) is 5.56 Å². The summed E-state index contributed by atoms with van der Waals surface area (Å²) in [6.07, 6.45) is 0.